The zero-order valence-electron chi connectivity index (χ0n) is 11.8. The van der Waals surface area contributed by atoms with Crippen molar-refractivity contribution in [1.29, 1.82) is 0 Å². The molecule has 0 amide bonds. The van der Waals surface area contributed by atoms with Crippen molar-refractivity contribution < 1.29 is 8.78 Å². The van der Waals surface area contributed by atoms with E-state index in [1.54, 1.807) is 17.4 Å². The largest absolute Gasteiger partial charge is 0.316 e. The molecular weight excluding hydrogens is 278 g/mol. The third-order valence-electron chi connectivity index (χ3n) is 3.40. The van der Waals surface area contributed by atoms with Crippen LogP contribution in [0.25, 0.3) is 0 Å². The maximum Gasteiger partial charge on any atom is 0.162 e. The molecule has 2 aromatic rings. The van der Waals surface area contributed by atoms with Gasteiger partial charge in [0, 0.05) is 17.3 Å². The first-order valence-corrected chi connectivity index (χ1v) is 7.36. The van der Waals surface area contributed by atoms with Gasteiger partial charge >= 0.3 is 0 Å². The average Bonchev–Trinajstić information content (AvgIpc) is 2.73. The van der Waals surface area contributed by atoms with E-state index in [0.29, 0.717) is 18.4 Å². The number of nitrogens with one attached hydrogen (secondary N) is 1. The lowest BCUT2D eigenvalue weighted by molar-refractivity contribution is 0.482. The average molecular weight is 296 g/mol. The van der Waals surface area contributed by atoms with Crippen LogP contribution in [-0.4, -0.2) is 18.1 Å². The predicted molar refractivity (Wildman–Crippen MR) is 78.2 cm³/mol. The standard InChI is InChI=1S/C15H18F2N2S/c1-9-10(2)20-14(19-9)8-12(18-3)7-11-5-4-6-13(16)15(11)17/h4-6,12,18H,7-8H2,1-3H3. The molecule has 1 unspecified atom stereocenters. The summed E-state index contributed by atoms with van der Waals surface area (Å²) in [5, 5.41) is 4.18. The first kappa shape index (κ1) is 15.1. The topological polar surface area (TPSA) is 24.9 Å². The van der Waals surface area contributed by atoms with Crippen molar-refractivity contribution in [2.75, 3.05) is 7.05 Å². The maximum absolute atomic E-state index is 13.7. The molecule has 2 rings (SSSR count). The fraction of sp³-hybridized carbons (Fsp3) is 0.400. The highest BCUT2D eigenvalue weighted by Crippen LogP contribution is 2.20. The van der Waals surface area contributed by atoms with E-state index in [1.165, 1.54) is 10.9 Å². The first-order chi connectivity index (χ1) is 9.51. The van der Waals surface area contributed by atoms with Crippen LogP contribution in [0.3, 0.4) is 0 Å². The Balaban J connectivity index is 2.11. The summed E-state index contributed by atoms with van der Waals surface area (Å²) in [6, 6.07) is 4.34. The molecule has 1 atom stereocenters. The monoisotopic (exact) mass is 296 g/mol. The van der Waals surface area contributed by atoms with Crippen LogP contribution in [0, 0.1) is 25.5 Å². The van der Waals surface area contributed by atoms with Gasteiger partial charge in [-0.2, -0.15) is 0 Å². The second kappa shape index (κ2) is 6.41. The summed E-state index contributed by atoms with van der Waals surface area (Å²) in [5.74, 6) is -1.54. The van der Waals surface area contributed by atoms with Crippen molar-refractivity contribution in [2.45, 2.75) is 32.7 Å². The Morgan fingerprint density at radius 1 is 1.25 bits per heavy atom. The Labute approximate surface area is 121 Å². The summed E-state index contributed by atoms with van der Waals surface area (Å²) in [6.45, 7) is 4.02. The summed E-state index contributed by atoms with van der Waals surface area (Å²) < 4.78 is 26.9. The molecule has 0 aliphatic heterocycles. The minimum atomic E-state index is -0.793. The van der Waals surface area contributed by atoms with Crippen LogP contribution >= 0.6 is 11.3 Å². The molecular formula is C15H18F2N2S. The normalized spacial score (nSPS) is 12.7. The number of aromatic nitrogens is 1. The molecule has 0 fully saturated rings. The third-order valence-corrected chi connectivity index (χ3v) is 4.50. The van der Waals surface area contributed by atoms with Crippen LogP contribution in [0.15, 0.2) is 18.2 Å². The molecule has 0 saturated carbocycles. The summed E-state index contributed by atoms with van der Waals surface area (Å²) in [4.78, 5) is 5.69. The number of aryl methyl sites for hydroxylation is 2. The molecule has 0 bridgehead atoms. The number of benzene rings is 1. The van der Waals surface area contributed by atoms with E-state index in [4.69, 9.17) is 0 Å². The number of thiazole rings is 1. The molecule has 0 radical (unpaired) electrons. The van der Waals surface area contributed by atoms with E-state index in [2.05, 4.69) is 10.3 Å². The Kier molecular flexibility index (Phi) is 4.83. The summed E-state index contributed by atoms with van der Waals surface area (Å²) >= 11 is 1.66. The van der Waals surface area contributed by atoms with Crippen molar-refractivity contribution >= 4 is 11.3 Å². The Hall–Kier alpha value is -1.33. The molecule has 2 nitrogen and oxygen atoms in total. The van der Waals surface area contributed by atoms with Crippen molar-refractivity contribution in [3.8, 4) is 0 Å². The molecule has 0 saturated heterocycles. The van der Waals surface area contributed by atoms with Crippen molar-refractivity contribution in [1.82, 2.24) is 10.3 Å². The molecule has 1 N–H and O–H groups in total. The highest BCUT2D eigenvalue weighted by atomic mass is 32.1. The fourth-order valence-corrected chi connectivity index (χ4v) is 3.10. The van der Waals surface area contributed by atoms with Crippen LogP contribution in [0.4, 0.5) is 8.78 Å². The highest BCUT2D eigenvalue weighted by Gasteiger charge is 2.15. The number of likely N-dealkylation sites (N-methyl/N-ethyl adjacent to an activating group) is 1. The van der Waals surface area contributed by atoms with Gasteiger partial charge in [0.05, 0.1) is 10.7 Å². The molecule has 108 valence electrons. The number of hydrogen-bond acceptors (Lipinski definition) is 3. The van der Waals surface area contributed by atoms with Crippen molar-refractivity contribution in [3.05, 3.63) is 51.0 Å². The van der Waals surface area contributed by atoms with Gasteiger partial charge in [0.15, 0.2) is 11.6 Å². The van der Waals surface area contributed by atoms with E-state index < -0.39 is 11.6 Å². The lowest BCUT2D eigenvalue weighted by atomic mass is 10.0. The van der Waals surface area contributed by atoms with Crippen molar-refractivity contribution in [2.24, 2.45) is 0 Å². The highest BCUT2D eigenvalue weighted by molar-refractivity contribution is 7.11. The molecule has 1 aromatic heterocycles. The second-order valence-corrected chi connectivity index (χ2v) is 6.14. The smallest absolute Gasteiger partial charge is 0.162 e. The molecule has 0 aliphatic carbocycles. The van der Waals surface area contributed by atoms with Crippen LogP contribution in [0.2, 0.25) is 0 Å². The lowest BCUT2D eigenvalue weighted by Crippen LogP contribution is -2.30. The minimum Gasteiger partial charge on any atom is -0.316 e. The molecule has 1 aromatic carbocycles. The number of hydrogen-bond donors (Lipinski definition) is 1. The van der Waals surface area contributed by atoms with Crippen LogP contribution < -0.4 is 5.32 Å². The Morgan fingerprint density at radius 2 is 2.00 bits per heavy atom. The van der Waals surface area contributed by atoms with E-state index in [9.17, 15) is 8.78 Å². The third kappa shape index (κ3) is 3.41. The number of rotatable bonds is 5. The predicted octanol–water partition coefficient (Wildman–Crippen LogP) is 3.41. The quantitative estimate of drug-likeness (QED) is 0.914. The maximum atomic E-state index is 13.7. The van der Waals surface area contributed by atoms with Crippen molar-refractivity contribution in [3.63, 3.8) is 0 Å². The first-order valence-electron chi connectivity index (χ1n) is 6.54. The zero-order chi connectivity index (χ0) is 14.7. The molecule has 1 heterocycles. The minimum absolute atomic E-state index is 0.0382. The lowest BCUT2D eigenvalue weighted by Gasteiger charge is -2.15. The summed E-state index contributed by atoms with van der Waals surface area (Å²) in [5.41, 5.74) is 1.44. The van der Waals surface area contributed by atoms with E-state index in [-0.39, 0.29) is 6.04 Å². The van der Waals surface area contributed by atoms with Crippen LogP contribution in [-0.2, 0) is 12.8 Å². The van der Waals surface area contributed by atoms with E-state index >= 15 is 0 Å². The van der Waals surface area contributed by atoms with Gasteiger partial charge in [0.2, 0.25) is 0 Å². The SMILES string of the molecule is CNC(Cc1nc(C)c(C)s1)Cc1cccc(F)c1F. The molecule has 0 aliphatic rings. The van der Waals surface area contributed by atoms with Gasteiger partial charge in [-0.05, 0) is 38.9 Å². The zero-order valence-corrected chi connectivity index (χ0v) is 12.7. The van der Waals surface area contributed by atoms with Gasteiger partial charge in [0.25, 0.3) is 0 Å². The molecule has 5 heteroatoms. The van der Waals surface area contributed by atoms with Gasteiger partial charge in [-0.25, -0.2) is 13.8 Å². The summed E-state index contributed by atoms with van der Waals surface area (Å²) in [7, 11) is 1.83. The van der Waals surface area contributed by atoms with Gasteiger partial charge in [-0.3, -0.25) is 0 Å². The van der Waals surface area contributed by atoms with Crippen LogP contribution in [0.5, 0.6) is 0 Å². The van der Waals surface area contributed by atoms with Gasteiger partial charge in [-0.1, -0.05) is 12.1 Å². The Bertz CT molecular complexity index is 576. The van der Waals surface area contributed by atoms with Gasteiger partial charge in [-0.15, -0.1) is 11.3 Å². The van der Waals surface area contributed by atoms with Gasteiger partial charge in [0.1, 0.15) is 0 Å². The fourth-order valence-electron chi connectivity index (χ4n) is 2.09. The second-order valence-electron chi connectivity index (χ2n) is 4.86. The molecule has 0 spiro atoms. The van der Waals surface area contributed by atoms with E-state index in [0.717, 1.165) is 16.8 Å². The molecule has 20 heavy (non-hydrogen) atoms. The van der Waals surface area contributed by atoms with Gasteiger partial charge < -0.3 is 5.32 Å². The Morgan fingerprint density at radius 3 is 2.60 bits per heavy atom. The summed E-state index contributed by atoms with van der Waals surface area (Å²) in [6.07, 6.45) is 1.16. The number of halogens is 2. The number of nitrogens with zero attached hydrogens (tertiary/aromatic N) is 1. The van der Waals surface area contributed by atoms with E-state index in [1.807, 2.05) is 20.9 Å². The van der Waals surface area contributed by atoms with Crippen LogP contribution in [0.1, 0.15) is 21.1 Å².